The van der Waals surface area contributed by atoms with Crippen LogP contribution in [0.15, 0.2) is 207 Å². The second-order valence-corrected chi connectivity index (χ2v) is 26.3. The van der Waals surface area contributed by atoms with E-state index in [2.05, 4.69) is 220 Å². The molecule has 10 heteroatoms. The number of rotatable bonds is 65. The van der Waals surface area contributed by atoms with Crippen molar-refractivity contribution < 1.29 is 42.1 Å². The number of allylic oxidation sites excluding steroid dienone is 34. The van der Waals surface area contributed by atoms with Crippen molar-refractivity contribution in [2.24, 2.45) is 0 Å². The third kappa shape index (κ3) is 75.6. The molecule has 2 atom stereocenters. The monoisotopic (exact) mass is 1320 g/mol. The maximum atomic E-state index is 12.9. The number of carbonyl (C=O) groups excluding carboxylic acids is 2. The van der Waals surface area contributed by atoms with E-state index in [1.54, 1.807) is 0 Å². The molecule has 1 N–H and O–H groups in total. The molecule has 0 aliphatic rings. The van der Waals surface area contributed by atoms with E-state index in [0.29, 0.717) is 17.4 Å². The van der Waals surface area contributed by atoms with E-state index in [1.165, 1.54) is 70.6 Å². The summed E-state index contributed by atoms with van der Waals surface area (Å²) in [7, 11) is 1.43. The van der Waals surface area contributed by atoms with Crippen LogP contribution < -0.4 is 0 Å². The summed E-state index contributed by atoms with van der Waals surface area (Å²) >= 11 is 0. The number of phosphoric acid groups is 1. The van der Waals surface area contributed by atoms with Gasteiger partial charge < -0.3 is 18.9 Å². The van der Waals surface area contributed by atoms with Gasteiger partial charge in [0.15, 0.2) is 6.10 Å². The molecular formula is C84H135NO8P+. The average molecular weight is 1320 g/mol. The molecule has 0 aromatic heterocycles. The fraction of sp³-hybridized carbons (Fsp3) is 0.571. The van der Waals surface area contributed by atoms with Crippen molar-refractivity contribution in [3.63, 3.8) is 0 Å². The molecule has 0 aliphatic carbocycles. The fourth-order valence-electron chi connectivity index (χ4n) is 9.26. The van der Waals surface area contributed by atoms with Crippen molar-refractivity contribution in [2.45, 2.75) is 264 Å². The lowest BCUT2D eigenvalue weighted by molar-refractivity contribution is -0.870. The lowest BCUT2D eigenvalue weighted by atomic mass is 10.0. The van der Waals surface area contributed by atoms with Gasteiger partial charge in [0.05, 0.1) is 27.7 Å². The number of ether oxygens (including phenoxy) is 2. The Kier molecular flexibility index (Phi) is 67.7. The minimum absolute atomic E-state index is 0.0155. The van der Waals surface area contributed by atoms with Gasteiger partial charge in [-0.1, -0.05) is 304 Å². The van der Waals surface area contributed by atoms with Gasteiger partial charge in [-0.15, -0.1) is 0 Å². The van der Waals surface area contributed by atoms with Crippen LogP contribution >= 0.6 is 7.82 Å². The van der Waals surface area contributed by atoms with Crippen molar-refractivity contribution in [3.8, 4) is 0 Å². The Hall–Kier alpha value is -5.41. The van der Waals surface area contributed by atoms with Gasteiger partial charge in [0.1, 0.15) is 19.8 Å². The van der Waals surface area contributed by atoms with Crippen molar-refractivity contribution >= 4 is 19.8 Å². The maximum Gasteiger partial charge on any atom is 0.472 e. The molecule has 0 heterocycles. The molecular weight excluding hydrogens is 1180 g/mol. The SMILES string of the molecule is CC/C=C\C/C=C\C/C=C\C/C=C\C/C=C\C/C=C\C/C=C\C/C=C\C/C=C\C/C=C\C/C=C\C/C=C\CCCCCCC(=O)OC(COC(=O)CCCCCCCCCCCCCCC/C=C\C/C=C\C/C=C\C/C=C\C/C=C\CC)COP(=O)(O)OCC[N+](C)(C)C. The number of likely N-dealkylation sites (N-methyl/N-ethyl adjacent to an activating group) is 1. The predicted octanol–water partition coefficient (Wildman–Crippen LogP) is 24.6. The van der Waals surface area contributed by atoms with E-state index >= 15 is 0 Å². The fourth-order valence-corrected chi connectivity index (χ4v) is 10.0. The standard InChI is InChI=1S/C84H134NO8P/c1-6-8-10-12-14-16-18-20-22-24-26-28-30-32-34-36-37-38-39-40-41-42-43-44-45-46-47-49-51-53-55-57-59-61-63-65-67-69-71-73-75-77-84(87)93-82(81-92-94(88,89)91-79-78-85(3,4)5)80-90-83(86)76-74-72-70-68-66-64-62-60-58-56-54-52-50-48-35-33-31-29-27-25-23-21-19-17-15-13-11-9-7-2/h8-11,14-17,20-23,26-29,32-35,37-38,40-41,43-44,46-47,51,53,57,59,63,65,82H,6-7,12-13,18-19,24-25,30-31,36,39,42,45,48-50,52,54-56,58,60-62,64,66-81H2,1-5H3/p+1/b10-8-,11-9-,16-14-,17-15-,22-20-,23-21-,28-26-,29-27-,34-32-,35-33-,38-37-,41-40-,44-43-,47-46-,53-51-,59-57-,65-63-. The largest absolute Gasteiger partial charge is 0.472 e. The van der Waals surface area contributed by atoms with Crippen LogP contribution in [0.25, 0.3) is 0 Å². The van der Waals surface area contributed by atoms with Gasteiger partial charge in [-0.25, -0.2) is 4.57 Å². The summed E-state index contributed by atoms with van der Waals surface area (Å²) in [6, 6.07) is 0. The summed E-state index contributed by atoms with van der Waals surface area (Å²) in [5.41, 5.74) is 0. The van der Waals surface area contributed by atoms with Crippen LogP contribution in [0.3, 0.4) is 0 Å². The number of hydrogen-bond acceptors (Lipinski definition) is 7. The number of nitrogens with zero attached hydrogens (tertiary/aromatic N) is 1. The molecule has 9 nitrogen and oxygen atoms in total. The van der Waals surface area contributed by atoms with Crippen molar-refractivity contribution in [1.82, 2.24) is 0 Å². The number of carbonyl (C=O) groups is 2. The molecule has 2 unspecified atom stereocenters. The Morgan fingerprint density at radius 3 is 0.851 bits per heavy atom. The summed E-state index contributed by atoms with van der Waals surface area (Å²) in [4.78, 5) is 35.9. The minimum Gasteiger partial charge on any atom is -0.462 e. The first-order valence-corrected chi connectivity index (χ1v) is 38.3. The lowest BCUT2D eigenvalue weighted by Crippen LogP contribution is -2.37. The first-order valence-electron chi connectivity index (χ1n) is 36.8. The van der Waals surface area contributed by atoms with E-state index in [9.17, 15) is 19.0 Å². The highest BCUT2D eigenvalue weighted by Gasteiger charge is 2.27. The molecule has 528 valence electrons. The molecule has 0 aliphatic heterocycles. The zero-order chi connectivity index (χ0) is 68.3. The second-order valence-electron chi connectivity index (χ2n) is 24.9. The van der Waals surface area contributed by atoms with E-state index in [4.69, 9.17) is 18.5 Å². The predicted molar refractivity (Wildman–Crippen MR) is 408 cm³/mol. The second kappa shape index (κ2) is 71.9. The number of unbranched alkanes of at least 4 members (excludes halogenated alkanes) is 17. The van der Waals surface area contributed by atoms with Gasteiger partial charge in [-0.05, 0) is 148 Å². The molecule has 0 fully saturated rings. The number of esters is 2. The van der Waals surface area contributed by atoms with E-state index in [0.717, 1.165) is 154 Å². The van der Waals surface area contributed by atoms with E-state index < -0.39 is 26.5 Å². The quantitative estimate of drug-likeness (QED) is 0.0211. The average Bonchev–Trinajstić information content (AvgIpc) is 1.57. The summed E-state index contributed by atoms with van der Waals surface area (Å²) in [5.74, 6) is -0.840. The van der Waals surface area contributed by atoms with Gasteiger partial charge >= 0.3 is 19.8 Å². The molecule has 0 saturated carbocycles. The summed E-state index contributed by atoms with van der Waals surface area (Å²) in [6.07, 6.45) is 114. The smallest absolute Gasteiger partial charge is 0.462 e. The Morgan fingerprint density at radius 2 is 0.574 bits per heavy atom. The maximum absolute atomic E-state index is 12.9. The Bertz CT molecular complexity index is 2340. The number of phosphoric ester groups is 1. The molecule has 94 heavy (non-hydrogen) atoms. The molecule has 0 bridgehead atoms. The van der Waals surface area contributed by atoms with Gasteiger partial charge in [0.25, 0.3) is 0 Å². The normalized spacial score (nSPS) is 14.3. The number of hydrogen-bond donors (Lipinski definition) is 1. The molecule has 0 aromatic rings. The molecule has 0 saturated heterocycles. The molecule has 0 rings (SSSR count). The molecule has 0 amide bonds. The van der Waals surface area contributed by atoms with Gasteiger partial charge in [0.2, 0.25) is 0 Å². The first kappa shape index (κ1) is 88.6. The lowest BCUT2D eigenvalue weighted by Gasteiger charge is -2.24. The molecule has 0 radical (unpaired) electrons. The number of quaternary nitrogens is 1. The Balaban J connectivity index is 4.17. The summed E-state index contributed by atoms with van der Waals surface area (Å²) in [5, 5.41) is 0. The molecule has 0 aromatic carbocycles. The van der Waals surface area contributed by atoms with E-state index in [1.807, 2.05) is 21.1 Å². The van der Waals surface area contributed by atoms with Crippen LogP contribution in [-0.4, -0.2) is 74.9 Å². The highest BCUT2D eigenvalue weighted by Crippen LogP contribution is 2.43. The van der Waals surface area contributed by atoms with Crippen LogP contribution in [0, 0.1) is 0 Å². The minimum atomic E-state index is -4.42. The van der Waals surface area contributed by atoms with Gasteiger partial charge in [-0.2, -0.15) is 0 Å². The Morgan fingerprint density at radius 1 is 0.330 bits per heavy atom. The zero-order valence-electron chi connectivity index (χ0n) is 60.1. The first-order chi connectivity index (χ1) is 46.0. The van der Waals surface area contributed by atoms with Crippen LogP contribution in [0.4, 0.5) is 0 Å². The third-order valence-electron chi connectivity index (χ3n) is 14.8. The van der Waals surface area contributed by atoms with Crippen LogP contribution in [-0.2, 0) is 32.7 Å². The van der Waals surface area contributed by atoms with Gasteiger partial charge in [0, 0.05) is 12.8 Å². The van der Waals surface area contributed by atoms with Gasteiger partial charge in [-0.3, -0.25) is 18.6 Å². The van der Waals surface area contributed by atoms with Crippen LogP contribution in [0.2, 0.25) is 0 Å². The van der Waals surface area contributed by atoms with E-state index in [-0.39, 0.29) is 32.0 Å². The summed E-state index contributed by atoms with van der Waals surface area (Å²) < 4.78 is 34.7. The van der Waals surface area contributed by atoms with Crippen molar-refractivity contribution in [3.05, 3.63) is 207 Å². The zero-order valence-corrected chi connectivity index (χ0v) is 61.0. The highest BCUT2D eigenvalue weighted by atomic mass is 31.2. The third-order valence-corrected chi connectivity index (χ3v) is 15.8. The summed E-state index contributed by atoms with van der Waals surface area (Å²) in [6.45, 7) is 4.16. The topological polar surface area (TPSA) is 108 Å². The van der Waals surface area contributed by atoms with Crippen LogP contribution in [0.1, 0.15) is 258 Å². The Labute approximate surface area is 576 Å². The highest BCUT2D eigenvalue weighted by molar-refractivity contribution is 7.47. The molecule has 0 spiro atoms. The van der Waals surface area contributed by atoms with Crippen molar-refractivity contribution in [2.75, 3.05) is 47.5 Å². The van der Waals surface area contributed by atoms with Crippen LogP contribution in [0.5, 0.6) is 0 Å². The van der Waals surface area contributed by atoms with Crippen molar-refractivity contribution in [1.29, 1.82) is 0 Å².